The van der Waals surface area contributed by atoms with Gasteiger partial charge in [-0.05, 0) is 36.4 Å². The molecule has 2 amide bonds. The molecule has 23 heavy (non-hydrogen) atoms. The minimum Gasteiger partial charge on any atom is -0.337 e. The number of carbonyl (C=O) groups is 1. The monoisotopic (exact) mass is 353 g/mol. The number of nitrogens with one attached hydrogen (secondary N) is 2. The predicted molar refractivity (Wildman–Crippen MR) is 88.0 cm³/mol. The Labute approximate surface area is 139 Å². The van der Waals surface area contributed by atoms with Gasteiger partial charge < -0.3 is 10.6 Å². The molecule has 122 valence electrons. The number of sulfone groups is 1. The van der Waals surface area contributed by atoms with E-state index >= 15 is 0 Å². The van der Waals surface area contributed by atoms with Crippen LogP contribution in [0.2, 0.25) is 5.02 Å². The van der Waals surface area contributed by atoms with Crippen LogP contribution in [0.3, 0.4) is 0 Å². The molecular weight excluding hydrogens is 338 g/mol. The molecule has 2 aromatic rings. The highest BCUT2D eigenvalue weighted by molar-refractivity contribution is 7.91. The van der Waals surface area contributed by atoms with Gasteiger partial charge in [0.1, 0.15) is 0 Å². The Balaban J connectivity index is 1.77. The maximum absolute atomic E-state index is 12.1. The van der Waals surface area contributed by atoms with Crippen LogP contribution in [-0.2, 0) is 16.4 Å². The zero-order valence-electron chi connectivity index (χ0n) is 12.2. The van der Waals surface area contributed by atoms with Gasteiger partial charge in [0.2, 0.25) is 0 Å². The first-order valence-corrected chi connectivity index (χ1v) is 8.90. The Morgan fingerprint density at radius 1 is 1.09 bits per heavy atom. The fraction of sp³-hybridized carbons (Fsp3) is 0.200. The number of hydrogen-bond acceptors (Lipinski definition) is 4. The van der Waals surface area contributed by atoms with Crippen LogP contribution < -0.4 is 10.6 Å². The number of nitrogens with zero attached hydrogens (tertiary/aromatic N) is 1. The lowest BCUT2D eigenvalue weighted by molar-refractivity contribution is 0.241. The molecule has 0 aliphatic carbocycles. The number of halogens is 1. The standard InChI is InChI=1S/C15H16ClN3O3S/c16-12-4-6-14(7-5-12)23(21,22)10-9-18-15(20)19-11-13-3-1-2-8-17-13/h1-8H,9-11H2,(H2,18,19,20). The van der Waals surface area contributed by atoms with Gasteiger partial charge >= 0.3 is 6.03 Å². The Morgan fingerprint density at radius 3 is 2.48 bits per heavy atom. The van der Waals surface area contributed by atoms with E-state index < -0.39 is 15.9 Å². The summed E-state index contributed by atoms with van der Waals surface area (Å²) >= 11 is 5.73. The highest BCUT2D eigenvalue weighted by Gasteiger charge is 2.14. The average molecular weight is 354 g/mol. The summed E-state index contributed by atoms with van der Waals surface area (Å²) in [5.41, 5.74) is 0.719. The molecule has 0 aliphatic heterocycles. The highest BCUT2D eigenvalue weighted by atomic mass is 35.5. The normalized spacial score (nSPS) is 11.0. The van der Waals surface area contributed by atoms with Crippen LogP contribution in [0, 0.1) is 0 Å². The third-order valence-corrected chi connectivity index (χ3v) is 4.97. The van der Waals surface area contributed by atoms with E-state index in [9.17, 15) is 13.2 Å². The van der Waals surface area contributed by atoms with Crippen LogP contribution in [0.4, 0.5) is 4.79 Å². The molecule has 1 heterocycles. The largest absolute Gasteiger partial charge is 0.337 e. The second kappa shape index (κ2) is 7.94. The van der Waals surface area contributed by atoms with Crippen LogP contribution in [0.1, 0.15) is 5.69 Å². The van der Waals surface area contributed by atoms with E-state index in [0.29, 0.717) is 5.02 Å². The van der Waals surface area contributed by atoms with Gasteiger partial charge in [0.25, 0.3) is 0 Å². The number of pyridine rings is 1. The first-order valence-electron chi connectivity index (χ1n) is 6.87. The van der Waals surface area contributed by atoms with Gasteiger partial charge in [0, 0.05) is 17.8 Å². The zero-order chi connectivity index (χ0) is 16.7. The summed E-state index contributed by atoms with van der Waals surface area (Å²) in [6, 6.07) is 10.9. The summed E-state index contributed by atoms with van der Waals surface area (Å²) in [5.74, 6) is -0.189. The van der Waals surface area contributed by atoms with Gasteiger partial charge in [-0.25, -0.2) is 13.2 Å². The summed E-state index contributed by atoms with van der Waals surface area (Å²) in [5, 5.41) is 5.58. The number of benzene rings is 1. The Kier molecular flexibility index (Phi) is 5.95. The van der Waals surface area contributed by atoms with Crippen LogP contribution in [0.5, 0.6) is 0 Å². The van der Waals surface area contributed by atoms with Crippen LogP contribution >= 0.6 is 11.6 Å². The van der Waals surface area contributed by atoms with Gasteiger partial charge in [0.05, 0.1) is 22.9 Å². The quantitative estimate of drug-likeness (QED) is 0.831. The summed E-state index contributed by atoms with van der Waals surface area (Å²) in [6.07, 6.45) is 1.63. The number of hydrogen-bond donors (Lipinski definition) is 2. The van der Waals surface area contributed by atoms with Crippen molar-refractivity contribution in [1.82, 2.24) is 15.6 Å². The third-order valence-electron chi connectivity index (χ3n) is 2.99. The van der Waals surface area contributed by atoms with Crippen molar-refractivity contribution in [3.63, 3.8) is 0 Å². The lowest BCUT2D eigenvalue weighted by atomic mass is 10.3. The SMILES string of the molecule is O=C(NCCS(=O)(=O)c1ccc(Cl)cc1)NCc1ccccn1. The second-order valence-corrected chi connectivity index (χ2v) is 7.25. The fourth-order valence-electron chi connectivity index (χ4n) is 1.79. The molecule has 1 aromatic carbocycles. The maximum Gasteiger partial charge on any atom is 0.315 e. The molecule has 0 radical (unpaired) electrons. The maximum atomic E-state index is 12.1. The fourth-order valence-corrected chi connectivity index (χ4v) is 3.08. The molecule has 0 saturated heterocycles. The minimum atomic E-state index is -3.45. The van der Waals surface area contributed by atoms with Crippen molar-refractivity contribution in [2.24, 2.45) is 0 Å². The van der Waals surface area contributed by atoms with Crippen molar-refractivity contribution in [3.8, 4) is 0 Å². The average Bonchev–Trinajstić information content (AvgIpc) is 2.54. The number of urea groups is 1. The Morgan fingerprint density at radius 2 is 1.83 bits per heavy atom. The van der Waals surface area contributed by atoms with Crippen molar-refractivity contribution in [1.29, 1.82) is 0 Å². The molecule has 2 rings (SSSR count). The molecule has 1 aromatic heterocycles. The molecule has 8 heteroatoms. The number of aromatic nitrogens is 1. The molecule has 0 fully saturated rings. The summed E-state index contributed by atoms with van der Waals surface area (Å²) in [7, 11) is -3.45. The molecule has 0 unspecified atom stereocenters. The molecule has 0 saturated carbocycles. The molecule has 0 aliphatic rings. The van der Waals surface area contributed by atoms with Gasteiger partial charge in [0.15, 0.2) is 9.84 Å². The van der Waals surface area contributed by atoms with Crippen molar-refractivity contribution in [2.45, 2.75) is 11.4 Å². The first kappa shape index (κ1) is 17.2. The van der Waals surface area contributed by atoms with Crippen molar-refractivity contribution >= 4 is 27.5 Å². The summed E-state index contributed by atoms with van der Waals surface area (Å²) in [6.45, 7) is 0.287. The highest BCUT2D eigenvalue weighted by Crippen LogP contribution is 2.14. The number of carbonyl (C=O) groups excluding carboxylic acids is 1. The van der Waals surface area contributed by atoms with E-state index in [4.69, 9.17) is 11.6 Å². The third kappa shape index (κ3) is 5.54. The van der Waals surface area contributed by atoms with Crippen LogP contribution in [-0.4, -0.2) is 31.7 Å². The van der Waals surface area contributed by atoms with E-state index in [-0.39, 0.29) is 23.7 Å². The van der Waals surface area contributed by atoms with E-state index in [0.717, 1.165) is 5.69 Å². The molecule has 0 bridgehead atoms. The first-order chi connectivity index (χ1) is 11.0. The smallest absolute Gasteiger partial charge is 0.315 e. The molecule has 6 nitrogen and oxygen atoms in total. The van der Waals surface area contributed by atoms with E-state index in [1.54, 1.807) is 18.3 Å². The minimum absolute atomic E-state index is 0.0129. The zero-order valence-corrected chi connectivity index (χ0v) is 13.8. The lowest BCUT2D eigenvalue weighted by Crippen LogP contribution is -2.37. The van der Waals surface area contributed by atoms with Gasteiger partial charge in [-0.15, -0.1) is 0 Å². The van der Waals surface area contributed by atoms with Gasteiger partial charge in [-0.3, -0.25) is 4.98 Å². The van der Waals surface area contributed by atoms with E-state index in [1.165, 1.54) is 24.3 Å². The molecule has 0 spiro atoms. The van der Waals surface area contributed by atoms with Crippen molar-refractivity contribution in [2.75, 3.05) is 12.3 Å². The topological polar surface area (TPSA) is 88.2 Å². The van der Waals surface area contributed by atoms with Crippen molar-refractivity contribution in [3.05, 3.63) is 59.4 Å². The van der Waals surface area contributed by atoms with Crippen molar-refractivity contribution < 1.29 is 13.2 Å². The van der Waals surface area contributed by atoms with Crippen LogP contribution in [0.15, 0.2) is 53.6 Å². The summed E-state index contributed by atoms with van der Waals surface area (Å²) < 4.78 is 24.2. The Hall–Kier alpha value is -2.12. The predicted octanol–water partition coefficient (Wildman–Crippen LogP) is 2.01. The van der Waals surface area contributed by atoms with Gasteiger partial charge in [-0.1, -0.05) is 17.7 Å². The molecule has 0 atom stereocenters. The lowest BCUT2D eigenvalue weighted by Gasteiger charge is -2.08. The Bertz CT molecular complexity index is 749. The molecular formula is C15H16ClN3O3S. The second-order valence-electron chi connectivity index (χ2n) is 4.70. The number of rotatable bonds is 6. The number of amides is 2. The summed E-state index contributed by atoms with van der Waals surface area (Å²) in [4.78, 5) is 15.9. The van der Waals surface area contributed by atoms with Crippen LogP contribution in [0.25, 0.3) is 0 Å². The molecule has 2 N–H and O–H groups in total. The van der Waals surface area contributed by atoms with Gasteiger partial charge in [-0.2, -0.15) is 0 Å². The van der Waals surface area contributed by atoms with E-state index in [2.05, 4.69) is 15.6 Å². The van der Waals surface area contributed by atoms with E-state index in [1.807, 2.05) is 6.07 Å².